The first-order chi connectivity index (χ1) is 8.91. The van der Waals surface area contributed by atoms with Gasteiger partial charge >= 0.3 is 0 Å². The van der Waals surface area contributed by atoms with Crippen molar-refractivity contribution < 1.29 is 14.6 Å². The molecule has 0 aliphatic heterocycles. The van der Waals surface area contributed by atoms with Crippen molar-refractivity contribution in [2.75, 3.05) is 7.11 Å². The van der Waals surface area contributed by atoms with Gasteiger partial charge in [0.2, 0.25) is 0 Å². The summed E-state index contributed by atoms with van der Waals surface area (Å²) in [5, 5.41) is 18.8. The van der Waals surface area contributed by atoms with Crippen LogP contribution in [0.25, 0.3) is 0 Å². The maximum absolute atomic E-state index is 9.49. The molecule has 0 radical (unpaired) electrons. The lowest BCUT2D eigenvalue weighted by molar-refractivity contribution is -0.0870. The Bertz CT molecular complexity index is 453. The summed E-state index contributed by atoms with van der Waals surface area (Å²) in [5.41, 5.74) is -0.0859. The number of methoxy groups -OCH3 is 1. The first-order valence-electron chi connectivity index (χ1n) is 6.31. The molecule has 0 saturated heterocycles. The Labute approximate surface area is 114 Å². The Morgan fingerprint density at radius 2 is 2.00 bits per heavy atom. The molecule has 19 heavy (non-hydrogen) atoms. The van der Waals surface area contributed by atoms with Crippen LogP contribution in [0.3, 0.4) is 0 Å². The van der Waals surface area contributed by atoms with E-state index in [9.17, 15) is 10.4 Å². The van der Waals surface area contributed by atoms with Crippen molar-refractivity contribution in [2.45, 2.75) is 45.0 Å². The van der Waals surface area contributed by atoms with Gasteiger partial charge in [0.05, 0.1) is 25.4 Å². The largest absolute Gasteiger partial charge is 0.496 e. The van der Waals surface area contributed by atoms with E-state index in [0.717, 1.165) is 11.3 Å². The van der Waals surface area contributed by atoms with Crippen molar-refractivity contribution in [2.24, 2.45) is 0 Å². The molecule has 0 amide bonds. The maximum Gasteiger partial charge on any atom is 0.156 e. The molecule has 0 aliphatic carbocycles. The van der Waals surface area contributed by atoms with Gasteiger partial charge in [0, 0.05) is 6.42 Å². The van der Waals surface area contributed by atoms with Crippen LogP contribution in [0.5, 0.6) is 5.75 Å². The molecule has 4 nitrogen and oxygen atoms in total. The van der Waals surface area contributed by atoms with Crippen LogP contribution < -0.4 is 4.74 Å². The molecule has 104 valence electrons. The first-order valence-corrected chi connectivity index (χ1v) is 6.31. The van der Waals surface area contributed by atoms with Gasteiger partial charge in [-0.15, -0.1) is 0 Å². The Morgan fingerprint density at radius 1 is 1.37 bits per heavy atom. The fourth-order valence-corrected chi connectivity index (χ4v) is 1.83. The lowest BCUT2D eigenvalue weighted by Crippen LogP contribution is -2.37. The van der Waals surface area contributed by atoms with E-state index >= 15 is 0 Å². The van der Waals surface area contributed by atoms with E-state index in [-0.39, 0.29) is 0 Å². The Kier molecular flexibility index (Phi) is 5.34. The molecule has 4 heteroatoms. The topological polar surface area (TPSA) is 62.5 Å². The van der Waals surface area contributed by atoms with Gasteiger partial charge in [-0.05, 0) is 32.4 Å². The maximum atomic E-state index is 9.49. The first kappa shape index (κ1) is 15.5. The lowest BCUT2D eigenvalue weighted by Gasteiger charge is -2.28. The fourth-order valence-electron chi connectivity index (χ4n) is 1.83. The zero-order valence-electron chi connectivity index (χ0n) is 11.9. The van der Waals surface area contributed by atoms with E-state index in [4.69, 9.17) is 9.47 Å². The standard InChI is InChI=1S/C15H21NO3/c1-11(17)12(2)19-15(3,10-16)9-13-7-5-6-8-14(13)18-4/h5-8,11-12,17H,9H2,1-4H3. The molecule has 0 aliphatic rings. The number of nitriles is 1. The van der Waals surface area contributed by atoms with E-state index in [1.807, 2.05) is 24.3 Å². The van der Waals surface area contributed by atoms with Crippen LogP contribution in [0.2, 0.25) is 0 Å². The van der Waals surface area contributed by atoms with Crippen molar-refractivity contribution in [3.63, 3.8) is 0 Å². The molecule has 0 fully saturated rings. The van der Waals surface area contributed by atoms with Crippen molar-refractivity contribution >= 4 is 0 Å². The zero-order chi connectivity index (χ0) is 14.5. The van der Waals surface area contributed by atoms with Crippen molar-refractivity contribution in [3.05, 3.63) is 29.8 Å². The SMILES string of the molecule is COc1ccccc1CC(C)(C#N)OC(C)C(C)O. The predicted octanol–water partition coefficient (Wildman–Crippen LogP) is 2.31. The number of nitrogens with zero attached hydrogens (tertiary/aromatic N) is 1. The smallest absolute Gasteiger partial charge is 0.156 e. The van der Waals surface area contributed by atoms with Gasteiger partial charge in [-0.25, -0.2) is 0 Å². The fraction of sp³-hybridized carbons (Fsp3) is 0.533. The lowest BCUT2D eigenvalue weighted by atomic mass is 9.96. The van der Waals surface area contributed by atoms with Gasteiger partial charge in [0.15, 0.2) is 5.60 Å². The molecule has 0 aromatic heterocycles. The highest BCUT2D eigenvalue weighted by molar-refractivity contribution is 5.35. The molecule has 1 N–H and O–H groups in total. The summed E-state index contributed by atoms with van der Waals surface area (Å²) in [7, 11) is 1.60. The third-order valence-corrected chi connectivity index (χ3v) is 3.08. The van der Waals surface area contributed by atoms with Crippen LogP contribution in [0.15, 0.2) is 24.3 Å². The Balaban J connectivity index is 2.89. The highest BCUT2D eigenvalue weighted by Crippen LogP contribution is 2.26. The van der Waals surface area contributed by atoms with Gasteiger partial charge in [0.1, 0.15) is 5.75 Å². The van der Waals surface area contributed by atoms with Crippen molar-refractivity contribution in [1.82, 2.24) is 0 Å². The second-order valence-corrected chi connectivity index (χ2v) is 4.89. The summed E-state index contributed by atoms with van der Waals surface area (Å²) in [6.07, 6.45) is -0.616. The van der Waals surface area contributed by atoms with Crippen LogP contribution in [0.4, 0.5) is 0 Å². The number of hydrogen-bond acceptors (Lipinski definition) is 4. The summed E-state index contributed by atoms with van der Waals surface area (Å²) in [5.74, 6) is 0.734. The summed E-state index contributed by atoms with van der Waals surface area (Å²) in [6, 6.07) is 9.71. The minimum atomic E-state index is -0.995. The number of rotatable bonds is 6. The average Bonchev–Trinajstić information content (AvgIpc) is 2.39. The minimum Gasteiger partial charge on any atom is -0.496 e. The van der Waals surface area contributed by atoms with Crippen molar-refractivity contribution in [3.8, 4) is 11.8 Å². The third kappa shape index (κ3) is 4.23. The van der Waals surface area contributed by atoms with Crippen LogP contribution in [-0.4, -0.2) is 30.0 Å². The third-order valence-electron chi connectivity index (χ3n) is 3.08. The molecule has 0 saturated carbocycles. The molecular formula is C15H21NO3. The summed E-state index contributed by atoms with van der Waals surface area (Å²) < 4.78 is 11.0. The minimum absolute atomic E-state index is 0.403. The number of para-hydroxylation sites is 1. The molecule has 1 aromatic rings. The van der Waals surface area contributed by atoms with E-state index in [1.54, 1.807) is 27.9 Å². The molecule has 0 bridgehead atoms. The number of benzene rings is 1. The van der Waals surface area contributed by atoms with Crippen LogP contribution in [-0.2, 0) is 11.2 Å². The zero-order valence-corrected chi connectivity index (χ0v) is 11.9. The molecule has 3 atom stereocenters. The Hall–Kier alpha value is -1.57. The molecule has 1 aromatic carbocycles. The van der Waals surface area contributed by atoms with E-state index < -0.39 is 17.8 Å². The molecule has 1 rings (SSSR count). The highest BCUT2D eigenvalue weighted by atomic mass is 16.5. The Morgan fingerprint density at radius 3 is 2.53 bits per heavy atom. The number of aliphatic hydroxyl groups is 1. The van der Waals surface area contributed by atoms with Crippen LogP contribution >= 0.6 is 0 Å². The normalized spacial score (nSPS) is 17.1. The van der Waals surface area contributed by atoms with E-state index in [2.05, 4.69) is 6.07 Å². The average molecular weight is 263 g/mol. The highest BCUT2D eigenvalue weighted by Gasteiger charge is 2.30. The van der Waals surface area contributed by atoms with E-state index in [1.165, 1.54) is 0 Å². The van der Waals surface area contributed by atoms with Crippen molar-refractivity contribution in [1.29, 1.82) is 5.26 Å². The number of hydrogen-bond donors (Lipinski definition) is 1. The van der Waals surface area contributed by atoms with Gasteiger partial charge in [-0.2, -0.15) is 5.26 Å². The number of ether oxygens (including phenoxy) is 2. The summed E-state index contributed by atoms with van der Waals surface area (Å²) >= 11 is 0. The van der Waals surface area contributed by atoms with Gasteiger partial charge in [-0.3, -0.25) is 0 Å². The molecule has 3 unspecified atom stereocenters. The summed E-state index contributed by atoms with van der Waals surface area (Å²) in [4.78, 5) is 0. The molecule has 0 spiro atoms. The number of aliphatic hydroxyl groups excluding tert-OH is 1. The summed E-state index contributed by atoms with van der Waals surface area (Å²) in [6.45, 7) is 5.12. The van der Waals surface area contributed by atoms with E-state index in [0.29, 0.717) is 6.42 Å². The second kappa shape index (κ2) is 6.55. The molecule has 0 heterocycles. The quantitative estimate of drug-likeness (QED) is 0.855. The second-order valence-electron chi connectivity index (χ2n) is 4.89. The van der Waals surface area contributed by atoms with Crippen LogP contribution in [0, 0.1) is 11.3 Å². The monoisotopic (exact) mass is 263 g/mol. The van der Waals surface area contributed by atoms with Gasteiger partial charge in [-0.1, -0.05) is 18.2 Å². The molecular weight excluding hydrogens is 242 g/mol. The van der Waals surface area contributed by atoms with Gasteiger partial charge < -0.3 is 14.6 Å². The van der Waals surface area contributed by atoms with Crippen LogP contribution in [0.1, 0.15) is 26.3 Å². The van der Waals surface area contributed by atoms with Gasteiger partial charge in [0.25, 0.3) is 0 Å². The predicted molar refractivity (Wildman–Crippen MR) is 72.9 cm³/mol.